The second-order valence-electron chi connectivity index (χ2n) is 5.71. The summed E-state index contributed by atoms with van der Waals surface area (Å²) in [5.41, 5.74) is 2.29. The predicted octanol–water partition coefficient (Wildman–Crippen LogP) is 3.83. The molecular weight excluding hydrogens is 386 g/mol. The van der Waals surface area contributed by atoms with Crippen LogP contribution in [0.3, 0.4) is 0 Å². The first kappa shape index (κ1) is 19.1. The number of hydrogen-bond donors (Lipinski definition) is 3. The zero-order valence-electron chi connectivity index (χ0n) is 14.7. The monoisotopic (exact) mass is 403 g/mol. The number of benzene rings is 2. The van der Waals surface area contributed by atoms with Crippen LogP contribution in [-0.2, 0) is 10.0 Å². The number of rotatable bonds is 6. The lowest BCUT2D eigenvalue weighted by Gasteiger charge is -2.13. The van der Waals surface area contributed by atoms with Gasteiger partial charge in [-0.05, 0) is 43.8 Å². The Labute approximate surface area is 162 Å². The van der Waals surface area contributed by atoms with E-state index in [9.17, 15) is 8.42 Å². The average molecular weight is 404 g/mol. The first-order valence-corrected chi connectivity index (χ1v) is 9.91. The fourth-order valence-electron chi connectivity index (χ4n) is 2.41. The number of halogens is 1. The third-order valence-corrected chi connectivity index (χ3v) is 5.47. The SMILES string of the molecule is CNS(=O)(=O)c1ccccc1Nc1nc(Nc2cccc(C)c2)ncc1Cl. The van der Waals surface area contributed by atoms with Crippen molar-refractivity contribution in [2.45, 2.75) is 11.8 Å². The van der Waals surface area contributed by atoms with Gasteiger partial charge >= 0.3 is 0 Å². The van der Waals surface area contributed by atoms with Gasteiger partial charge in [0.25, 0.3) is 0 Å². The molecule has 0 unspecified atom stereocenters. The van der Waals surface area contributed by atoms with Crippen LogP contribution in [0.2, 0.25) is 5.02 Å². The molecule has 0 spiro atoms. The van der Waals surface area contributed by atoms with Crippen molar-refractivity contribution in [1.82, 2.24) is 14.7 Å². The minimum Gasteiger partial charge on any atom is -0.338 e. The summed E-state index contributed by atoms with van der Waals surface area (Å²) in [6.45, 7) is 1.99. The highest BCUT2D eigenvalue weighted by Crippen LogP contribution is 2.28. The van der Waals surface area contributed by atoms with Crippen LogP contribution in [0, 0.1) is 6.92 Å². The smallest absolute Gasteiger partial charge is 0.242 e. The summed E-state index contributed by atoms with van der Waals surface area (Å²) < 4.78 is 26.7. The van der Waals surface area contributed by atoms with Crippen LogP contribution < -0.4 is 15.4 Å². The summed E-state index contributed by atoms with van der Waals surface area (Å²) in [4.78, 5) is 8.62. The van der Waals surface area contributed by atoms with Gasteiger partial charge in [0.05, 0.1) is 11.9 Å². The van der Waals surface area contributed by atoms with Crippen LogP contribution in [-0.4, -0.2) is 25.4 Å². The third-order valence-electron chi connectivity index (χ3n) is 3.72. The van der Waals surface area contributed by atoms with E-state index in [1.54, 1.807) is 18.2 Å². The Morgan fingerprint density at radius 3 is 2.56 bits per heavy atom. The number of hydrogen-bond acceptors (Lipinski definition) is 6. The minimum absolute atomic E-state index is 0.0929. The summed E-state index contributed by atoms with van der Waals surface area (Å²) in [5, 5.41) is 6.34. The van der Waals surface area contributed by atoms with Crippen LogP contribution in [0.4, 0.5) is 23.1 Å². The van der Waals surface area contributed by atoms with Gasteiger partial charge in [0.15, 0.2) is 5.82 Å². The molecule has 27 heavy (non-hydrogen) atoms. The van der Waals surface area contributed by atoms with E-state index < -0.39 is 10.0 Å². The van der Waals surface area contributed by atoms with E-state index in [0.717, 1.165) is 11.3 Å². The van der Waals surface area contributed by atoms with E-state index in [1.807, 2.05) is 31.2 Å². The normalized spacial score (nSPS) is 11.2. The lowest BCUT2D eigenvalue weighted by atomic mass is 10.2. The van der Waals surface area contributed by atoms with Crippen molar-refractivity contribution in [3.8, 4) is 0 Å². The van der Waals surface area contributed by atoms with Crippen molar-refractivity contribution in [3.05, 3.63) is 65.3 Å². The molecule has 0 saturated carbocycles. The molecule has 1 aromatic heterocycles. The van der Waals surface area contributed by atoms with Crippen molar-refractivity contribution >= 4 is 44.8 Å². The van der Waals surface area contributed by atoms with Crippen LogP contribution in [0.25, 0.3) is 0 Å². The van der Waals surface area contributed by atoms with Crippen molar-refractivity contribution in [2.24, 2.45) is 0 Å². The molecule has 0 radical (unpaired) electrons. The molecule has 3 N–H and O–H groups in total. The number of nitrogens with one attached hydrogen (secondary N) is 3. The number of anilines is 4. The first-order chi connectivity index (χ1) is 12.9. The Kier molecular flexibility index (Phi) is 5.59. The highest BCUT2D eigenvalue weighted by atomic mass is 35.5. The number of aryl methyl sites for hydroxylation is 1. The van der Waals surface area contributed by atoms with Gasteiger partial charge in [-0.15, -0.1) is 0 Å². The number of para-hydroxylation sites is 1. The molecule has 0 fully saturated rings. The molecule has 0 saturated heterocycles. The fraction of sp³-hybridized carbons (Fsp3) is 0.111. The molecule has 0 atom stereocenters. The molecule has 0 aliphatic rings. The van der Waals surface area contributed by atoms with Crippen LogP contribution in [0.5, 0.6) is 0 Å². The van der Waals surface area contributed by atoms with Crippen LogP contribution in [0.15, 0.2) is 59.6 Å². The van der Waals surface area contributed by atoms with E-state index in [-0.39, 0.29) is 9.92 Å². The minimum atomic E-state index is -3.64. The number of nitrogens with zero attached hydrogens (tertiary/aromatic N) is 2. The first-order valence-electron chi connectivity index (χ1n) is 8.05. The Balaban J connectivity index is 1.93. The Morgan fingerprint density at radius 1 is 1.04 bits per heavy atom. The average Bonchev–Trinajstić information content (AvgIpc) is 2.65. The Hall–Kier alpha value is -2.68. The summed E-state index contributed by atoms with van der Waals surface area (Å²) in [6.07, 6.45) is 1.45. The molecule has 0 bridgehead atoms. The lowest BCUT2D eigenvalue weighted by molar-refractivity contribution is 0.588. The van der Waals surface area contributed by atoms with E-state index in [2.05, 4.69) is 25.3 Å². The van der Waals surface area contributed by atoms with E-state index in [4.69, 9.17) is 11.6 Å². The number of sulfonamides is 1. The second kappa shape index (κ2) is 7.91. The van der Waals surface area contributed by atoms with Gasteiger partial charge in [0.1, 0.15) is 9.92 Å². The number of aromatic nitrogens is 2. The molecule has 0 amide bonds. The van der Waals surface area contributed by atoms with Gasteiger partial charge in [0.2, 0.25) is 16.0 Å². The largest absolute Gasteiger partial charge is 0.338 e. The summed E-state index contributed by atoms with van der Waals surface area (Å²) in [6, 6.07) is 14.3. The Morgan fingerprint density at radius 2 is 1.81 bits per heavy atom. The molecule has 2 aromatic carbocycles. The molecule has 9 heteroatoms. The summed E-state index contributed by atoms with van der Waals surface area (Å²) in [7, 11) is -2.29. The molecule has 7 nitrogen and oxygen atoms in total. The third kappa shape index (κ3) is 4.54. The topological polar surface area (TPSA) is 96.0 Å². The molecular formula is C18H18ClN5O2S. The van der Waals surface area contributed by atoms with E-state index >= 15 is 0 Å². The molecule has 1 heterocycles. The zero-order chi connectivity index (χ0) is 19.4. The quantitative estimate of drug-likeness (QED) is 0.578. The fourth-order valence-corrected chi connectivity index (χ4v) is 3.43. The molecule has 3 aromatic rings. The maximum atomic E-state index is 12.2. The summed E-state index contributed by atoms with van der Waals surface area (Å²) >= 11 is 6.19. The molecule has 140 valence electrons. The highest BCUT2D eigenvalue weighted by Gasteiger charge is 2.17. The predicted molar refractivity (Wildman–Crippen MR) is 107 cm³/mol. The van der Waals surface area contributed by atoms with Gasteiger partial charge in [-0.2, -0.15) is 4.98 Å². The van der Waals surface area contributed by atoms with Gasteiger partial charge in [-0.1, -0.05) is 35.9 Å². The molecule has 0 aliphatic heterocycles. The van der Waals surface area contributed by atoms with Crippen LogP contribution in [0.1, 0.15) is 5.56 Å². The van der Waals surface area contributed by atoms with Gasteiger partial charge in [-0.3, -0.25) is 0 Å². The molecule has 0 aliphatic carbocycles. The van der Waals surface area contributed by atoms with Gasteiger partial charge in [0, 0.05) is 5.69 Å². The van der Waals surface area contributed by atoms with E-state index in [0.29, 0.717) is 17.5 Å². The summed E-state index contributed by atoms with van der Waals surface area (Å²) in [5.74, 6) is 0.627. The Bertz CT molecular complexity index is 1070. The highest BCUT2D eigenvalue weighted by molar-refractivity contribution is 7.89. The van der Waals surface area contributed by atoms with Gasteiger partial charge < -0.3 is 10.6 Å². The zero-order valence-corrected chi connectivity index (χ0v) is 16.3. The van der Waals surface area contributed by atoms with Crippen LogP contribution >= 0.6 is 11.6 Å². The van der Waals surface area contributed by atoms with Crippen molar-refractivity contribution in [1.29, 1.82) is 0 Å². The standard InChI is InChI=1S/C18H18ClN5O2S/c1-12-6-5-7-13(10-12)22-18-21-11-14(19)17(24-18)23-15-8-3-4-9-16(15)27(25,26)20-2/h3-11,20H,1-2H3,(H2,21,22,23,24). The second-order valence-corrected chi connectivity index (χ2v) is 7.98. The maximum Gasteiger partial charge on any atom is 0.242 e. The lowest BCUT2D eigenvalue weighted by Crippen LogP contribution is -2.19. The van der Waals surface area contributed by atoms with Crippen molar-refractivity contribution < 1.29 is 8.42 Å². The maximum absolute atomic E-state index is 12.2. The van der Waals surface area contributed by atoms with Crippen molar-refractivity contribution in [3.63, 3.8) is 0 Å². The molecule has 3 rings (SSSR count). The van der Waals surface area contributed by atoms with E-state index in [1.165, 1.54) is 19.3 Å². The van der Waals surface area contributed by atoms with Gasteiger partial charge in [-0.25, -0.2) is 18.1 Å². The van der Waals surface area contributed by atoms with Crippen molar-refractivity contribution in [2.75, 3.05) is 17.7 Å².